The van der Waals surface area contributed by atoms with Crippen molar-refractivity contribution in [3.8, 4) is 0 Å². The van der Waals surface area contributed by atoms with Crippen molar-refractivity contribution >= 4 is 0 Å². The minimum absolute atomic E-state index is 0.209. The second kappa shape index (κ2) is 4.52. The zero-order valence-electron chi connectivity index (χ0n) is 11.9. The molecular formula is C14H27NO2. The maximum absolute atomic E-state index is 5.81. The molecule has 3 heteroatoms. The summed E-state index contributed by atoms with van der Waals surface area (Å²) in [6.45, 7) is 12.7. The van der Waals surface area contributed by atoms with Crippen LogP contribution in [-0.4, -0.2) is 31.1 Å². The van der Waals surface area contributed by atoms with E-state index in [9.17, 15) is 0 Å². The minimum Gasteiger partial charge on any atom is -0.348 e. The second-order valence-electron chi connectivity index (χ2n) is 7.02. The Morgan fingerprint density at radius 3 is 2.35 bits per heavy atom. The highest BCUT2D eigenvalue weighted by atomic mass is 16.7. The van der Waals surface area contributed by atoms with Crippen molar-refractivity contribution in [2.45, 2.75) is 65.4 Å². The first-order valence-electron chi connectivity index (χ1n) is 6.83. The molecule has 3 atom stereocenters. The van der Waals surface area contributed by atoms with Gasteiger partial charge in [-0.05, 0) is 38.0 Å². The van der Waals surface area contributed by atoms with E-state index >= 15 is 0 Å². The van der Waals surface area contributed by atoms with Crippen LogP contribution in [0.3, 0.4) is 0 Å². The van der Waals surface area contributed by atoms with Gasteiger partial charge in [-0.15, -0.1) is 0 Å². The van der Waals surface area contributed by atoms with Crippen molar-refractivity contribution in [2.75, 3.05) is 13.2 Å². The zero-order valence-corrected chi connectivity index (χ0v) is 11.9. The Morgan fingerprint density at radius 1 is 1.18 bits per heavy atom. The van der Waals surface area contributed by atoms with Crippen molar-refractivity contribution < 1.29 is 9.47 Å². The van der Waals surface area contributed by atoms with Crippen LogP contribution in [0.4, 0.5) is 0 Å². The third-order valence-electron chi connectivity index (χ3n) is 4.01. The number of hydrogen-bond acceptors (Lipinski definition) is 3. The average molecular weight is 241 g/mol. The van der Waals surface area contributed by atoms with Crippen molar-refractivity contribution in [3.05, 3.63) is 0 Å². The van der Waals surface area contributed by atoms with E-state index in [1.165, 1.54) is 12.8 Å². The molecule has 2 aliphatic rings. The van der Waals surface area contributed by atoms with Crippen LogP contribution >= 0.6 is 0 Å². The van der Waals surface area contributed by atoms with Crippen LogP contribution in [0.5, 0.6) is 0 Å². The van der Waals surface area contributed by atoms with Crippen LogP contribution < -0.4 is 5.32 Å². The first kappa shape index (κ1) is 13.3. The van der Waals surface area contributed by atoms with Crippen LogP contribution in [0, 0.1) is 11.3 Å². The normalized spacial score (nSPS) is 39.7. The molecular weight excluding hydrogens is 214 g/mol. The SMILES string of the molecule is CC1CC(C)(C)CC1NCC1COC(C)(C)O1. The molecule has 2 rings (SSSR count). The Labute approximate surface area is 105 Å². The van der Waals surface area contributed by atoms with Crippen LogP contribution in [0.1, 0.15) is 47.5 Å². The molecule has 0 aromatic carbocycles. The van der Waals surface area contributed by atoms with E-state index in [0.717, 1.165) is 12.5 Å². The molecule has 3 unspecified atom stereocenters. The topological polar surface area (TPSA) is 30.5 Å². The molecule has 3 nitrogen and oxygen atoms in total. The monoisotopic (exact) mass is 241 g/mol. The Hall–Kier alpha value is -0.120. The number of rotatable bonds is 3. The first-order valence-corrected chi connectivity index (χ1v) is 6.83. The Kier molecular flexibility index (Phi) is 3.54. The quantitative estimate of drug-likeness (QED) is 0.823. The molecule has 0 amide bonds. The average Bonchev–Trinajstić information content (AvgIpc) is 2.63. The fourth-order valence-electron chi connectivity index (χ4n) is 3.31. The Bertz CT molecular complexity index is 275. The highest BCUT2D eigenvalue weighted by Crippen LogP contribution is 2.40. The van der Waals surface area contributed by atoms with Crippen LogP contribution in [0.25, 0.3) is 0 Å². The summed E-state index contributed by atoms with van der Waals surface area (Å²) in [5.74, 6) is 0.368. The van der Waals surface area contributed by atoms with Gasteiger partial charge in [-0.1, -0.05) is 20.8 Å². The molecule has 0 aromatic rings. The molecule has 0 bridgehead atoms. The first-order chi connectivity index (χ1) is 7.77. The van der Waals surface area contributed by atoms with E-state index in [2.05, 4.69) is 26.1 Å². The smallest absolute Gasteiger partial charge is 0.163 e. The fraction of sp³-hybridized carbons (Fsp3) is 1.00. The predicted molar refractivity (Wildman–Crippen MR) is 68.9 cm³/mol. The summed E-state index contributed by atoms with van der Waals surface area (Å²) in [5.41, 5.74) is 0.489. The molecule has 0 spiro atoms. The molecule has 1 heterocycles. The minimum atomic E-state index is -0.396. The van der Waals surface area contributed by atoms with Crippen molar-refractivity contribution in [1.29, 1.82) is 0 Å². The van der Waals surface area contributed by atoms with Gasteiger partial charge in [0.25, 0.3) is 0 Å². The van der Waals surface area contributed by atoms with E-state index in [1.54, 1.807) is 0 Å². The van der Waals surface area contributed by atoms with Gasteiger partial charge in [0, 0.05) is 12.6 Å². The van der Waals surface area contributed by atoms with Gasteiger partial charge < -0.3 is 14.8 Å². The molecule has 100 valence electrons. The summed E-state index contributed by atoms with van der Waals surface area (Å²) < 4.78 is 11.4. The van der Waals surface area contributed by atoms with Crippen molar-refractivity contribution in [3.63, 3.8) is 0 Å². The van der Waals surface area contributed by atoms with E-state index in [1.807, 2.05) is 13.8 Å². The summed E-state index contributed by atoms with van der Waals surface area (Å²) in [6, 6.07) is 0.636. The molecule has 0 radical (unpaired) electrons. The van der Waals surface area contributed by atoms with Gasteiger partial charge in [0.05, 0.1) is 12.7 Å². The number of ether oxygens (including phenoxy) is 2. The summed E-state index contributed by atoms with van der Waals surface area (Å²) >= 11 is 0. The summed E-state index contributed by atoms with van der Waals surface area (Å²) in [5, 5.41) is 3.66. The van der Waals surface area contributed by atoms with Crippen LogP contribution in [-0.2, 0) is 9.47 Å². The van der Waals surface area contributed by atoms with Crippen LogP contribution in [0.2, 0.25) is 0 Å². The summed E-state index contributed by atoms with van der Waals surface area (Å²) in [4.78, 5) is 0. The number of hydrogen-bond donors (Lipinski definition) is 1. The molecule has 1 N–H and O–H groups in total. The van der Waals surface area contributed by atoms with E-state index in [0.29, 0.717) is 18.1 Å². The largest absolute Gasteiger partial charge is 0.348 e. The van der Waals surface area contributed by atoms with E-state index in [-0.39, 0.29) is 6.10 Å². The standard InChI is InChI=1S/C14H27NO2/c1-10-6-13(2,3)7-12(10)15-8-11-9-16-14(4,5)17-11/h10-12,15H,6-9H2,1-5H3. The Balaban J connectivity index is 1.76. The maximum Gasteiger partial charge on any atom is 0.163 e. The molecule has 1 saturated carbocycles. The molecule has 0 aromatic heterocycles. The van der Waals surface area contributed by atoms with Gasteiger partial charge in [-0.25, -0.2) is 0 Å². The third-order valence-corrected chi connectivity index (χ3v) is 4.01. The molecule has 1 saturated heterocycles. The maximum atomic E-state index is 5.81. The summed E-state index contributed by atoms with van der Waals surface area (Å²) in [6.07, 6.45) is 2.80. The molecule has 1 aliphatic heterocycles. The van der Waals surface area contributed by atoms with Gasteiger partial charge in [-0.3, -0.25) is 0 Å². The zero-order chi connectivity index (χ0) is 12.7. The van der Waals surface area contributed by atoms with E-state index < -0.39 is 5.79 Å². The lowest BCUT2D eigenvalue weighted by Crippen LogP contribution is -2.38. The number of nitrogens with one attached hydrogen (secondary N) is 1. The third kappa shape index (κ3) is 3.43. The second-order valence-corrected chi connectivity index (χ2v) is 7.02. The highest BCUT2D eigenvalue weighted by molar-refractivity contribution is 4.91. The van der Waals surface area contributed by atoms with E-state index in [4.69, 9.17) is 9.47 Å². The molecule has 2 fully saturated rings. The molecule has 1 aliphatic carbocycles. The van der Waals surface area contributed by atoms with Gasteiger partial charge in [-0.2, -0.15) is 0 Å². The highest BCUT2D eigenvalue weighted by Gasteiger charge is 2.38. The van der Waals surface area contributed by atoms with Gasteiger partial charge in [0.15, 0.2) is 5.79 Å². The van der Waals surface area contributed by atoms with Gasteiger partial charge in [0.1, 0.15) is 0 Å². The van der Waals surface area contributed by atoms with Gasteiger partial charge >= 0.3 is 0 Å². The fourth-order valence-corrected chi connectivity index (χ4v) is 3.31. The van der Waals surface area contributed by atoms with Gasteiger partial charge in [0.2, 0.25) is 0 Å². The lowest BCUT2D eigenvalue weighted by Gasteiger charge is -2.21. The van der Waals surface area contributed by atoms with Crippen molar-refractivity contribution in [2.24, 2.45) is 11.3 Å². The molecule has 17 heavy (non-hydrogen) atoms. The summed E-state index contributed by atoms with van der Waals surface area (Å²) in [7, 11) is 0. The predicted octanol–water partition coefficient (Wildman–Crippen LogP) is 2.55. The Morgan fingerprint density at radius 2 is 1.88 bits per heavy atom. The van der Waals surface area contributed by atoms with Crippen molar-refractivity contribution in [1.82, 2.24) is 5.32 Å². The lowest BCUT2D eigenvalue weighted by molar-refractivity contribution is -0.137. The van der Waals surface area contributed by atoms with Crippen LogP contribution in [0.15, 0.2) is 0 Å². The lowest BCUT2D eigenvalue weighted by atomic mass is 9.91.